The Morgan fingerprint density at radius 3 is 1.80 bits per heavy atom. The predicted molar refractivity (Wildman–Crippen MR) is 179 cm³/mol. The summed E-state index contributed by atoms with van der Waals surface area (Å²) in [5.41, 5.74) is 2.96. The molecular formula is C40H54O5. The van der Waals surface area contributed by atoms with E-state index < -0.39 is 23.9 Å². The van der Waals surface area contributed by atoms with Crippen LogP contribution in [0.25, 0.3) is 5.76 Å². The van der Waals surface area contributed by atoms with Gasteiger partial charge in [-0.2, -0.15) is 0 Å². The van der Waals surface area contributed by atoms with Gasteiger partial charge in [-0.3, -0.25) is 4.79 Å². The van der Waals surface area contributed by atoms with E-state index in [1.54, 1.807) is 0 Å². The third-order valence-corrected chi connectivity index (χ3v) is 10.8. The maximum absolute atomic E-state index is 14.5. The number of benzene rings is 2. The lowest BCUT2D eigenvalue weighted by molar-refractivity contribution is -0.180. The Kier molecular flexibility index (Phi) is 10.8. The molecule has 3 aliphatic rings. The summed E-state index contributed by atoms with van der Waals surface area (Å²) in [4.78, 5) is 28.9. The summed E-state index contributed by atoms with van der Waals surface area (Å²) in [5.74, 6) is 0.826. The van der Waals surface area contributed by atoms with Gasteiger partial charge in [-0.1, -0.05) is 115 Å². The topological polar surface area (TPSA) is 61.8 Å². The lowest BCUT2D eigenvalue weighted by Crippen LogP contribution is -2.48. The molecule has 0 saturated heterocycles. The zero-order chi connectivity index (χ0) is 32.2. The molecule has 0 aromatic heterocycles. The fourth-order valence-corrected chi connectivity index (χ4v) is 7.97. The first kappa shape index (κ1) is 33.3. The van der Waals surface area contributed by atoms with Gasteiger partial charge in [0.15, 0.2) is 0 Å². The highest BCUT2D eigenvalue weighted by atomic mass is 16.6. The second-order valence-electron chi connectivity index (χ2n) is 15.0. The summed E-state index contributed by atoms with van der Waals surface area (Å²) >= 11 is 0. The molecule has 2 aliphatic carbocycles. The van der Waals surface area contributed by atoms with Crippen LogP contribution in [-0.4, -0.2) is 30.3 Å². The van der Waals surface area contributed by atoms with Gasteiger partial charge in [0, 0.05) is 11.5 Å². The molecule has 45 heavy (non-hydrogen) atoms. The standard InChI is InChI=1S/C40H54O5/c1-24(2)31-19-15-27(6)21-35(31)44-39(41)37-33(29-17-13-26(5)14-18-29)23-34(30-11-9-8-10-12-30)43-38(37)40(42)45-36-22-28(7)16-20-32(36)25(3)4/h8-14,17-18,23-25,27-28,31-33,35-38H,15-16,19-22H2,1-7H3/t27-,28-,31+,32+,33+,35-,36-,37+,38-/m1/s1. The summed E-state index contributed by atoms with van der Waals surface area (Å²) < 4.78 is 19.5. The van der Waals surface area contributed by atoms with Crippen LogP contribution in [0.3, 0.4) is 0 Å². The second-order valence-corrected chi connectivity index (χ2v) is 15.0. The Labute approximate surface area is 271 Å². The van der Waals surface area contributed by atoms with Gasteiger partial charge >= 0.3 is 11.9 Å². The van der Waals surface area contributed by atoms with Gasteiger partial charge in [0.1, 0.15) is 23.9 Å². The summed E-state index contributed by atoms with van der Waals surface area (Å²) in [5, 5.41) is 0. The normalized spacial score (nSPS) is 32.0. The molecule has 1 aliphatic heterocycles. The maximum Gasteiger partial charge on any atom is 0.348 e. The molecule has 9 atom stereocenters. The van der Waals surface area contributed by atoms with Crippen molar-refractivity contribution >= 4 is 17.7 Å². The number of allylic oxidation sites excluding steroid dienone is 1. The maximum atomic E-state index is 14.5. The fraction of sp³-hybridized carbons (Fsp3) is 0.600. The third-order valence-electron chi connectivity index (χ3n) is 10.8. The van der Waals surface area contributed by atoms with Gasteiger partial charge in [-0.25, -0.2) is 4.79 Å². The van der Waals surface area contributed by atoms with Crippen molar-refractivity contribution in [3.8, 4) is 0 Å². The minimum Gasteiger partial charge on any atom is -0.477 e. The average Bonchev–Trinajstić information content (AvgIpc) is 3.01. The van der Waals surface area contributed by atoms with Crippen LogP contribution in [0.15, 0.2) is 60.7 Å². The van der Waals surface area contributed by atoms with Crippen LogP contribution in [0.2, 0.25) is 0 Å². The van der Waals surface area contributed by atoms with Crippen LogP contribution < -0.4 is 0 Å². The van der Waals surface area contributed by atoms with E-state index >= 15 is 0 Å². The number of rotatable bonds is 8. The highest BCUT2D eigenvalue weighted by molar-refractivity contribution is 5.87. The van der Waals surface area contributed by atoms with E-state index in [1.165, 1.54) is 0 Å². The van der Waals surface area contributed by atoms with Crippen LogP contribution in [0.1, 0.15) is 103 Å². The van der Waals surface area contributed by atoms with E-state index in [1.807, 2.05) is 36.4 Å². The van der Waals surface area contributed by atoms with Gasteiger partial charge in [0.2, 0.25) is 6.10 Å². The number of carbonyl (C=O) groups excluding carboxylic acids is 2. The Hall–Kier alpha value is -3.08. The second kappa shape index (κ2) is 14.6. The SMILES string of the molecule is Cc1ccc([C@@H]2C=C(c3ccccc3)O[C@@H](C(=O)O[C@@H]3C[C@H](C)CC[C@H]3C(C)C)[C@H]2C(=O)O[C@@H]2C[C@H](C)CC[C@H]2C(C)C)cc1. The van der Waals surface area contributed by atoms with Crippen molar-refractivity contribution in [3.05, 3.63) is 77.4 Å². The summed E-state index contributed by atoms with van der Waals surface area (Å²) in [6, 6.07) is 18.1. The van der Waals surface area contributed by atoms with Crippen molar-refractivity contribution in [1.82, 2.24) is 0 Å². The molecule has 5 heteroatoms. The van der Waals surface area contributed by atoms with Crippen LogP contribution in [0.5, 0.6) is 0 Å². The molecule has 0 spiro atoms. The minimum atomic E-state index is -1.12. The number of hydrogen-bond donors (Lipinski definition) is 0. The molecule has 2 fully saturated rings. The molecule has 2 aromatic carbocycles. The highest BCUT2D eigenvalue weighted by Crippen LogP contribution is 2.43. The van der Waals surface area contributed by atoms with E-state index in [9.17, 15) is 9.59 Å². The molecule has 2 saturated carbocycles. The van der Waals surface area contributed by atoms with Gasteiger partial charge in [0.05, 0.1) is 0 Å². The zero-order valence-electron chi connectivity index (χ0n) is 28.4. The van der Waals surface area contributed by atoms with Crippen LogP contribution in [0, 0.1) is 48.3 Å². The van der Waals surface area contributed by atoms with Crippen molar-refractivity contribution in [2.75, 3.05) is 0 Å². The van der Waals surface area contributed by atoms with Crippen LogP contribution in [0.4, 0.5) is 0 Å². The summed E-state index contributed by atoms with van der Waals surface area (Å²) in [6.45, 7) is 15.4. The fourth-order valence-electron chi connectivity index (χ4n) is 7.97. The first-order valence-corrected chi connectivity index (χ1v) is 17.4. The van der Waals surface area contributed by atoms with Crippen molar-refractivity contribution in [1.29, 1.82) is 0 Å². The van der Waals surface area contributed by atoms with E-state index in [0.717, 1.165) is 55.2 Å². The molecule has 5 rings (SSSR count). The molecule has 0 N–H and O–H groups in total. The number of ether oxygens (including phenoxy) is 3. The van der Waals surface area contributed by atoms with E-state index in [-0.39, 0.29) is 24.1 Å². The number of esters is 2. The molecule has 0 bridgehead atoms. The average molecular weight is 615 g/mol. The lowest BCUT2D eigenvalue weighted by atomic mass is 9.75. The number of aryl methyl sites for hydroxylation is 1. The molecule has 5 nitrogen and oxygen atoms in total. The van der Waals surface area contributed by atoms with E-state index in [2.05, 4.69) is 72.7 Å². The molecule has 244 valence electrons. The predicted octanol–water partition coefficient (Wildman–Crippen LogP) is 9.14. The summed E-state index contributed by atoms with van der Waals surface area (Å²) in [6.07, 6.45) is 6.54. The minimum absolute atomic E-state index is 0.180. The number of hydrogen-bond acceptors (Lipinski definition) is 5. The van der Waals surface area contributed by atoms with Crippen molar-refractivity contribution in [2.45, 2.75) is 111 Å². The molecule has 0 amide bonds. The Bertz CT molecular complexity index is 1310. The van der Waals surface area contributed by atoms with E-state index in [0.29, 0.717) is 35.3 Å². The largest absolute Gasteiger partial charge is 0.477 e. The van der Waals surface area contributed by atoms with Crippen molar-refractivity contribution in [2.24, 2.45) is 41.4 Å². The molecule has 0 radical (unpaired) electrons. The Balaban J connectivity index is 1.54. The smallest absolute Gasteiger partial charge is 0.348 e. The molecule has 2 aromatic rings. The quantitative estimate of drug-likeness (QED) is 0.278. The third kappa shape index (κ3) is 7.84. The van der Waals surface area contributed by atoms with E-state index in [4.69, 9.17) is 14.2 Å². The Morgan fingerprint density at radius 1 is 0.733 bits per heavy atom. The number of carbonyl (C=O) groups is 2. The lowest BCUT2D eigenvalue weighted by Gasteiger charge is -2.41. The molecule has 0 unspecified atom stereocenters. The Morgan fingerprint density at radius 2 is 1.27 bits per heavy atom. The van der Waals surface area contributed by atoms with Crippen molar-refractivity contribution < 1.29 is 23.8 Å². The first-order chi connectivity index (χ1) is 21.5. The molecular weight excluding hydrogens is 560 g/mol. The zero-order valence-corrected chi connectivity index (χ0v) is 28.4. The molecule has 1 heterocycles. The first-order valence-electron chi connectivity index (χ1n) is 17.4. The van der Waals surface area contributed by atoms with Gasteiger partial charge < -0.3 is 14.2 Å². The van der Waals surface area contributed by atoms with Crippen LogP contribution in [-0.2, 0) is 23.8 Å². The van der Waals surface area contributed by atoms with Crippen LogP contribution >= 0.6 is 0 Å². The van der Waals surface area contributed by atoms with Gasteiger partial charge in [0.25, 0.3) is 0 Å². The van der Waals surface area contributed by atoms with Crippen molar-refractivity contribution in [3.63, 3.8) is 0 Å². The van der Waals surface area contributed by atoms with Gasteiger partial charge in [-0.05, 0) is 79.8 Å². The van der Waals surface area contributed by atoms with Gasteiger partial charge in [-0.15, -0.1) is 0 Å². The highest BCUT2D eigenvalue weighted by Gasteiger charge is 2.49. The monoisotopic (exact) mass is 614 g/mol. The summed E-state index contributed by atoms with van der Waals surface area (Å²) in [7, 11) is 0.